The summed E-state index contributed by atoms with van der Waals surface area (Å²) in [6.07, 6.45) is 1.73. The number of carboxylic acid groups (broad SMARTS) is 1. The SMILES string of the molecule is O=C([O-])CCCN1C(=O)/C(=C\c2cc(Br)ccc2O)SC1=S. The number of carbonyl (C=O) groups excluding carboxylic acids is 2. The molecular weight excluding hydrogens is 390 g/mol. The van der Waals surface area contributed by atoms with Gasteiger partial charge in [0.15, 0.2) is 0 Å². The lowest BCUT2D eigenvalue weighted by Crippen LogP contribution is -2.30. The van der Waals surface area contributed by atoms with E-state index in [9.17, 15) is 19.8 Å². The average molecular weight is 401 g/mol. The van der Waals surface area contributed by atoms with Crippen molar-refractivity contribution in [1.82, 2.24) is 4.90 Å². The van der Waals surface area contributed by atoms with E-state index in [1.807, 2.05) is 0 Å². The number of phenols is 1. The first-order valence-corrected chi connectivity index (χ1v) is 8.34. The quantitative estimate of drug-likeness (QED) is 0.600. The van der Waals surface area contributed by atoms with Gasteiger partial charge in [-0.05, 0) is 37.1 Å². The third-order valence-corrected chi connectivity index (χ3v) is 4.78. The van der Waals surface area contributed by atoms with E-state index < -0.39 is 5.97 Å². The van der Waals surface area contributed by atoms with E-state index in [2.05, 4.69) is 15.9 Å². The first-order chi connectivity index (χ1) is 10.4. The molecule has 1 aliphatic rings. The smallest absolute Gasteiger partial charge is 0.266 e. The van der Waals surface area contributed by atoms with Crippen molar-refractivity contribution in [3.63, 3.8) is 0 Å². The Morgan fingerprint density at radius 2 is 2.23 bits per heavy atom. The van der Waals surface area contributed by atoms with Crippen molar-refractivity contribution in [2.75, 3.05) is 6.54 Å². The van der Waals surface area contributed by atoms with Gasteiger partial charge in [-0.25, -0.2) is 0 Å². The minimum atomic E-state index is -1.15. The van der Waals surface area contributed by atoms with Crippen LogP contribution in [0.5, 0.6) is 5.75 Å². The van der Waals surface area contributed by atoms with Gasteiger partial charge in [0.05, 0.1) is 4.91 Å². The summed E-state index contributed by atoms with van der Waals surface area (Å²) in [6.45, 7) is 0.237. The van der Waals surface area contributed by atoms with Crippen LogP contribution in [0.3, 0.4) is 0 Å². The molecule has 1 amide bonds. The third-order valence-electron chi connectivity index (χ3n) is 2.91. The van der Waals surface area contributed by atoms with Crippen molar-refractivity contribution in [2.24, 2.45) is 0 Å². The third kappa shape index (κ3) is 4.08. The van der Waals surface area contributed by atoms with Crippen LogP contribution in [0.1, 0.15) is 18.4 Å². The zero-order valence-electron chi connectivity index (χ0n) is 11.2. The Bertz CT molecular complexity index is 675. The van der Waals surface area contributed by atoms with Crippen LogP contribution in [-0.2, 0) is 9.59 Å². The molecule has 8 heteroatoms. The fourth-order valence-corrected chi connectivity index (χ4v) is 3.53. The molecule has 0 aromatic heterocycles. The second-order valence-electron chi connectivity index (χ2n) is 4.51. The number of carboxylic acids is 1. The maximum Gasteiger partial charge on any atom is 0.266 e. The van der Waals surface area contributed by atoms with E-state index in [-0.39, 0.29) is 31.0 Å². The molecule has 0 aliphatic carbocycles. The van der Waals surface area contributed by atoms with Gasteiger partial charge in [0.1, 0.15) is 10.1 Å². The van der Waals surface area contributed by atoms with E-state index in [0.29, 0.717) is 14.8 Å². The summed E-state index contributed by atoms with van der Waals surface area (Å²) in [5, 5.41) is 20.2. The fourth-order valence-electron chi connectivity index (χ4n) is 1.86. The van der Waals surface area contributed by atoms with Crippen LogP contribution in [0.4, 0.5) is 0 Å². The van der Waals surface area contributed by atoms with Crippen molar-refractivity contribution in [1.29, 1.82) is 0 Å². The van der Waals surface area contributed by atoms with Gasteiger partial charge < -0.3 is 15.0 Å². The van der Waals surface area contributed by atoms with Crippen LogP contribution in [0.15, 0.2) is 27.6 Å². The van der Waals surface area contributed by atoms with Crippen molar-refractivity contribution < 1.29 is 19.8 Å². The molecule has 1 aromatic carbocycles. The number of aliphatic carboxylic acids is 1. The summed E-state index contributed by atoms with van der Waals surface area (Å²) in [5.41, 5.74) is 0.504. The molecule has 1 saturated heterocycles. The average Bonchev–Trinajstić information content (AvgIpc) is 2.70. The van der Waals surface area contributed by atoms with Crippen LogP contribution in [0.25, 0.3) is 6.08 Å². The molecule has 0 atom stereocenters. The normalized spacial score (nSPS) is 16.6. The second kappa shape index (κ2) is 7.26. The van der Waals surface area contributed by atoms with Gasteiger partial charge in [-0.2, -0.15) is 0 Å². The zero-order chi connectivity index (χ0) is 16.3. The number of nitrogens with zero attached hydrogens (tertiary/aromatic N) is 1. The number of thioether (sulfide) groups is 1. The number of carbonyl (C=O) groups is 2. The van der Waals surface area contributed by atoms with Crippen LogP contribution in [0, 0.1) is 0 Å². The summed E-state index contributed by atoms with van der Waals surface area (Å²) < 4.78 is 1.16. The summed E-state index contributed by atoms with van der Waals surface area (Å²) in [4.78, 5) is 24.5. The van der Waals surface area contributed by atoms with Gasteiger partial charge in [-0.3, -0.25) is 9.69 Å². The van der Waals surface area contributed by atoms with Crippen molar-refractivity contribution in [3.8, 4) is 5.75 Å². The monoisotopic (exact) mass is 400 g/mol. The van der Waals surface area contributed by atoms with Crippen molar-refractivity contribution in [3.05, 3.63) is 33.1 Å². The predicted octanol–water partition coefficient (Wildman–Crippen LogP) is 1.89. The Labute approximate surface area is 145 Å². The second-order valence-corrected chi connectivity index (χ2v) is 7.10. The number of amides is 1. The van der Waals surface area contributed by atoms with Gasteiger partial charge in [-0.15, -0.1) is 0 Å². The van der Waals surface area contributed by atoms with Crippen LogP contribution >= 0.6 is 39.9 Å². The summed E-state index contributed by atoms with van der Waals surface area (Å²) in [7, 11) is 0. The molecule has 1 N–H and O–H groups in total. The maximum absolute atomic E-state index is 12.3. The molecular formula is C14H11BrNO4S2-. The topological polar surface area (TPSA) is 80.7 Å². The first-order valence-electron chi connectivity index (χ1n) is 6.32. The molecule has 0 unspecified atom stereocenters. The number of rotatable bonds is 5. The highest BCUT2D eigenvalue weighted by molar-refractivity contribution is 9.10. The molecule has 1 aliphatic heterocycles. The van der Waals surface area contributed by atoms with Gasteiger partial charge >= 0.3 is 0 Å². The molecule has 116 valence electrons. The molecule has 0 saturated carbocycles. The molecule has 0 bridgehead atoms. The molecule has 1 heterocycles. The Morgan fingerprint density at radius 3 is 2.91 bits per heavy atom. The Morgan fingerprint density at radius 1 is 1.50 bits per heavy atom. The minimum Gasteiger partial charge on any atom is -0.550 e. The number of hydrogen-bond donors (Lipinski definition) is 1. The lowest BCUT2D eigenvalue weighted by molar-refractivity contribution is -0.305. The minimum absolute atomic E-state index is 0.0606. The first kappa shape index (κ1) is 17.0. The predicted molar refractivity (Wildman–Crippen MR) is 89.9 cm³/mol. The van der Waals surface area contributed by atoms with Gasteiger partial charge in [0, 0.05) is 22.6 Å². The number of halogens is 1. The van der Waals surface area contributed by atoms with Crippen LogP contribution in [-0.4, -0.2) is 32.7 Å². The molecule has 1 fully saturated rings. The maximum atomic E-state index is 12.3. The lowest BCUT2D eigenvalue weighted by atomic mass is 10.2. The van der Waals surface area contributed by atoms with Gasteiger partial charge in [-0.1, -0.05) is 39.9 Å². The van der Waals surface area contributed by atoms with E-state index in [1.165, 1.54) is 11.0 Å². The standard InChI is InChI=1S/C14H12BrNO4S2/c15-9-3-4-10(17)8(6-9)7-11-13(20)16(14(21)22-11)5-1-2-12(18)19/h3-4,6-7,17H,1-2,5H2,(H,18,19)/p-1/b11-7+. The van der Waals surface area contributed by atoms with Gasteiger partial charge in [0.2, 0.25) is 0 Å². The number of hydrogen-bond acceptors (Lipinski definition) is 6. The highest BCUT2D eigenvalue weighted by Gasteiger charge is 2.31. The van der Waals surface area contributed by atoms with E-state index in [0.717, 1.165) is 16.2 Å². The van der Waals surface area contributed by atoms with E-state index in [4.69, 9.17) is 12.2 Å². The molecule has 2 rings (SSSR count). The molecule has 1 aromatic rings. The highest BCUT2D eigenvalue weighted by Crippen LogP contribution is 2.34. The lowest BCUT2D eigenvalue weighted by Gasteiger charge is -2.14. The van der Waals surface area contributed by atoms with Gasteiger partial charge in [0.25, 0.3) is 5.91 Å². The summed E-state index contributed by atoms with van der Waals surface area (Å²) in [5.74, 6) is -1.38. The number of phenolic OH excluding ortho intramolecular Hbond substituents is 1. The number of benzene rings is 1. The Kier molecular flexibility index (Phi) is 5.60. The number of aromatic hydroxyl groups is 1. The van der Waals surface area contributed by atoms with Crippen molar-refractivity contribution >= 4 is 62.2 Å². The van der Waals surface area contributed by atoms with E-state index >= 15 is 0 Å². The van der Waals surface area contributed by atoms with Crippen LogP contribution < -0.4 is 5.11 Å². The molecule has 5 nitrogen and oxygen atoms in total. The Balaban J connectivity index is 2.15. The molecule has 0 radical (unpaired) electrons. The zero-order valence-corrected chi connectivity index (χ0v) is 14.5. The van der Waals surface area contributed by atoms with Crippen LogP contribution in [0.2, 0.25) is 0 Å². The molecule has 0 spiro atoms. The number of thiocarbonyl (C=S) groups is 1. The van der Waals surface area contributed by atoms with Crippen molar-refractivity contribution in [2.45, 2.75) is 12.8 Å². The highest BCUT2D eigenvalue weighted by atomic mass is 79.9. The largest absolute Gasteiger partial charge is 0.550 e. The molecule has 22 heavy (non-hydrogen) atoms. The summed E-state index contributed by atoms with van der Waals surface area (Å²) in [6, 6.07) is 4.91. The van der Waals surface area contributed by atoms with E-state index in [1.54, 1.807) is 18.2 Å². The Hall–Kier alpha value is -1.38. The fraction of sp³-hybridized carbons (Fsp3) is 0.214. The summed E-state index contributed by atoms with van der Waals surface area (Å²) >= 11 is 9.57.